The first-order valence-corrected chi connectivity index (χ1v) is 13.4. The van der Waals surface area contributed by atoms with Crippen molar-refractivity contribution in [2.45, 2.75) is 85.0 Å². The van der Waals surface area contributed by atoms with Crippen LogP contribution in [0.1, 0.15) is 59.9 Å². The number of H-pyrrole nitrogens is 1. The molecule has 0 spiro atoms. The Labute approximate surface area is 224 Å². The first-order chi connectivity index (χ1) is 17.9. The Hall–Kier alpha value is -3.40. The molecule has 0 saturated carbocycles. The largest absolute Gasteiger partial charge is 0.480 e. The van der Waals surface area contributed by atoms with E-state index in [-0.39, 0.29) is 24.2 Å². The number of carboxylic acid groups (broad SMARTS) is 1. The number of aliphatic carboxylic acids is 1. The fourth-order valence-electron chi connectivity index (χ4n) is 4.22. The Balaban J connectivity index is 2.35. The number of hydrogen-bond donors (Lipinski definition) is 6. The van der Waals surface area contributed by atoms with Crippen molar-refractivity contribution in [3.8, 4) is 0 Å². The highest BCUT2D eigenvalue weighted by Gasteiger charge is 2.34. The number of nitrogens with one attached hydrogen (secondary N) is 4. The van der Waals surface area contributed by atoms with Crippen molar-refractivity contribution in [3.63, 3.8) is 0 Å². The van der Waals surface area contributed by atoms with Gasteiger partial charge in [-0.3, -0.25) is 14.4 Å². The van der Waals surface area contributed by atoms with Gasteiger partial charge in [0.2, 0.25) is 17.7 Å². The lowest BCUT2D eigenvalue weighted by atomic mass is 9.94. The van der Waals surface area contributed by atoms with Gasteiger partial charge >= 0.3 is 5.97 Å². The molecule has 10 heteroatoms. The molecule has 0 aliphatic carbocycles. The molecule has 1 heterocycles. The standard InChI is InChI=1S/C28H43N5O5/c1-7-16(5)22(29)26(35)33-24(17(6)8-2)27(36)31-21(25(34)32-23(15(3)4)28(37)38)13-18-14-30-20-12-10-9-11-19(18)20/h9-12,14-17,21-24,30H,7-8,13,29H2,1-6H3,(H,31,36)(H,32,34)(H,33,35)(H,37,38). The maximum absolute atomic E-state index is 13.5. The Bertz CT molecular complexity index is 1110. The van der Waals surface area contributed by atoms with Crippen LogP contribution in [0, 0.1) is 17.8 Å². The third kappa shape index (κ3) is 7.80. The number of fused-ring (bicyclic) bond motifs is 1. The van der Waals surface area contributed by atoms with Crippen molar-refractivity contribution in [3.05, 3.63) is 36.0 Å². The molecule has 0 aliphatic heterocycles. The summed E-state index contributed by atoms with van der Waals surface area (Å²) in [5.41, 5.74) is 7.77. The Morgan fingerprint density at radius 2 is 1.47 bits per heavy atom. The highest BCUT2D eigenvalue weighted by molar-refractivity contribution is 5.95. The third-order valence-corrected chi connectivity index (χ3v) is 7.32. The number of para-hydroxylation sites is 1. The summed E-state index contributed by atoms with van der Waals surface area (Å²) in [5.74, 6) is -3.40. The molecule has 6 unspecified atom stereocenters. The summed E-state index contributed by atoms with van der Waals surface area (Å²) in [6, 6.07) is 3.69. The van der Waals surface area contributed by atoms with Crippen LogP contribution >= 0.6 is 0 Å². The second-order valence-corrected chi connectivity index (χ2v) is 10.5. The number of benzene rings is 1. The number of aromatic amines is 1. The number of aromatic nitrogens is 1. The van der Waals surface area contributed by atoms with Crippen molar-refractivity contribution in [1.29, 1.82) is 0 Å². The molecule has 38 heavy (non-hydrogen) atoms. The monoisotopic (exact) mass is 529 g/mol. The van der Waals surface area contributed by atoms with Crippen LogP contribution < -0.4 is 21.7 Å². The molecule has 7 N–H and O–H groups in total. The smallest absolute Gasteiger partial charge is 0.326 e. The van der Waals surface area contributed by atoms with Gasteiger partial charge in [-0.2, -0.15) is 0 Å². The zero-order chi connectivity index (χ0) is 28.6. The van der Waals surface area contributed by atoms with E-state index in [1.807, 2.05) is 52.0 Å². The lowest BCUT2D eigenvalue weighted by Crippen LogP contribution is -2.59. The Kier molecular flexibility index (Phi) is 11.3. The van der Waals surface area contributed by atoms with Gasteiger partial charge in [0.15, 0.2) is 0 Å². The molecule has 2 rings (SSSR count). The molecule has 1 aromatic heterocycles. The summed E-state index contributed by atoms with van der Waals surface area (Å²) in [7, 11) is 0. The van der Waals surface area contributed by atoms with Gasteiger partial charge in [-0.25, -0.2) is 4.79 Å². The number of carboxylic acids is 1. The van der Waals surface area contributed by atoms with Crippen molar-refractivity contribution >= 4 is 34.6 Å². The van der Waals surface area contributed by atoms with E-state index < -0.39 is 47.9 Å². The van der Waals surface area contributed by atoms with Gasteiger partial charge in [-0.1, -0.05) is 72.6 Å². The van der Waals surface area contributed by atoms with Crippen LogP contribution in [0.4, 0.5) is 0 Å². The molecule has 210 valence electrons. The summed E-state index contributed by atoms with van der Waals surface area (Å²) >= 11 is 0. The maximum atomic E-state index is 13.5. The summed E-state index contributed by atoms with van der Waals surface area (Å²) in [5, 5.41) is 18.6. The Morgan fingerprint density at radius 1 is 0.868 bits per heavy atom. The average molecular weight is 530 g/mol. The first-order valence-electron chi connectivity index (χ1n) is 13.4. The normalized spacial score (nSPS) is 16.2. The van der Waals surface area contributed by atoms with Crippen molar-refractivity contribution in [1.82, 2.24) is 20.9 Å². The summed E-state index contributed by atoms with van der Waals surface area (Å²) < 4.78 is 0. The second-order valence-electron chi connectivity index (χ2n) is 10.5. The average Bonchev–Trinajstić information content (AvgIpc) is 3.30. The van der Waals surface area contributed by atoms with Crippen molar-refractivity contribution < 1.29 is 24.3 Å². The van der Waals surface area contributed by atoms with Gasteiger partial charge in [0.1, 0.15) is 18.1 Å². The number of amides is 3. The highest BCUT2D eigenvalue weighted by atomic mass is 16.4. The van der Waals surface area contributed by atoms with Gasteiger partial charge in [0, 0.05) is 23.5 Å². The summed E-state index contributed by atoms with van der Waals surface area (Å²) in [6.45, 7) is 10.9. The minimum absolute atomic E-state index is 0.0694. The van der Waals surface area contributed by atoms with Crippen molar-refractivity contribution in [2.24, 2.45) is 23.5 Å². The molecule has 0 saturated heterocycles. The van der Waals surface area contributed by atoms with Gasteiger partial charge in [0.05, 0.1) is 6.04 Å². The predicted molar refractivity (Wildman–Crippen MR) is 147 cm³/mol. The van der Waals surface area contributed by atoms with Crippen LogP contribution in [0.5, 0.6) is 0 Å². The van der Waals surface area contributed by atoms with Gasteiger partial charge in [0.25, 0.3) is 0 Å². The zero-order valence-electron chi connectivity index (χ0n) is 23.2. The van der Waals surface area contributed by atoms with E-state index in [4.69, 9.17) is 5.73 Å². The molecule has 0 bridgehead atoms. The lowest BCUT2D eigenvalue weighted by molar-refractivity contribution is -0.143. The topological polar surface area (TPSA) is 166 Å². The van der Waals surface area contributed by atoms with Crippen LogP contribution in [-0.4, -0.2) is 57.9 Å². The molecule has 10 nitrogen and oxygen atoms in total. The third-order valence-electron chi connectivity index (χ3n) is 7.32. The summed E-state index contributed by atoms with van der Waals surface area (Å²) in [4.78, 5) is 54.6. The van der Waals surface area contributed by atoms with E-state index >= 15 is 0 Å². The van der Waals surface area contributed by atoms with E-state index in [0.717, 1.165) is 16.5 Å². The minimum atomic E-state index is -1.16. The fourth-order valence-corrected chi connectivity index (χ4v) is 4.22. The number of carbonyl (C=O) groups is 4. The molecular weight excluding hydrogens is 486 g/mol. The SMILES string of the molecule is CCC(C)C(N)C(=O)NC(C(=O)NC(Cc1c[nH]c2ccccc12)C(=O)NC(C(=O)O)C(C)C)C(C)CC. The number of rotatable bonds is 14. The van der Waals surface area contributed by atoms with Crippen LogP contribution in [0.3, 0.4) is 0 Å². The highest BCUT2D eigenvalue weighted by Crippen LogP contribution is 2.20. The number of nitrogens with two attached hydrogens (primary N) is 1. The molecule has 0 aliphatic rings. The van der Waals surface area contributed by atoms with E-state index in [2.05, 4.69) is 20.9 Å². The number of carbonyl (C=O) groups excluding carboxylic acids is 3. The van der Waals surface area contributed by atoms with E-state index in [9.17, 15) is 24.3 Å². The summed E-state index contributed by atoms with van der Waals surface area (Å²) in [6.07, 6.45) is 3.21. The Morgan fingerprint density at radius 3 is 2.05 bits per heavy atom. The molecule has 1 aromatic carbocycles. The molecule has 0 radical (unpaired) electrons. The molecule has 2 aromatic rings. The number of hydrogen-bond acceptors (Lipinski definition) is 5. The van der Waals surface area contributed by atoms with Crippen molar-refractivity contribution in [2.75, 3.05) is 0 Å². The first kappa shape index (κ1) is 30.8. The van der Waals surface area contributed by atoms with Gasteiger partial charge in [-0.05, 0) is 29.4 Å². The van der Waals surface area contributed by atoms with Crippen LogP contribution in [-0.2, 0) is 25.6 Å². The fraction of sp³-hybridized carbons (Fsp3) is 0.571. The van der Waals surface area contributed by atoms with Crippen LogP contribution in [0.15, 0.2) is 30.5 Å². The van der Waals surface area contributed by atoms with E-state index in [1.165, 1.54) is 0 Å². The molecule has 0 fully saturated rings. The predicted octanol–water partition coefficient (Wildman–Crippen LogP) is 2.32. The lowest BCUT2D eigenvalue weighted by Gasteiger charge is -2.29. The molecular formula is C28H43N5O5. The second kappa shape index (κ2) is 13.9. The maximum Gasteiger partial charge on any atom is 0.326 e. The quantitative estimate of drug-likeness (QED) is 0.220. The van der Waals surface area contributed by atoms with Crippen LogP contribution in [0.25, 0.3) is 10.9 Å². The van der Waals surface area contributed by atoms with Gasteiger partial charge < -0.3 is 31.8 Å². The van der Waals surface area contributed by atoms with Gasteiger partial charge in [-0.15, -0.1) is 0 Å². The molecule has 3 amide bonds. The molecule has 6 atom stereocenters. The van der Waals surface area contributed by atoms with E-state index in [0.29, 0.717) is 12.8 Å². The minimum Gasteiger partial charge on any atom is -0.480 e. The van der Waals surface area contributed by atoms with Crippen LogP contribution in [0.2, 0.25) is 0 Å². The zero-order valence-corrected chi connectivity index (χ0v) is 23.2. The van der Waals surface area contributed by atoms with E-state index in [1.54, 1.807) is 20.0 Å².